The van der Waals surface area contributed by atoms with E-state index >= 15 is 0 Å². The van der Waals surface area contributed by atoms with Crippen LogP contribution in [0.2, 0.25) is 0 Å². The van der Waals surface area contributed by atoms with Crippen LogP contribution in [0.4, 0.5) is 0 Å². The summed E-state index contributed by atoms with van der Waals surface area (Å²) >= 11 is 0. The van der Waals surface area contributed by atoms with Gasteiger partial charge in [0.05, 0.1) is 0 Å². The first-order valence-corrected chi connectivity index (χ1v) is 9.10. The van der Waals surface area contributed by atoms with Crippen LogP contribution in [-0.2, 0) is 19.3 Å². The van der Waals surface area contributed by atoms with Crippen LogP contribution in [0.25, 0.3) is 0 Å². The lowest BCUT2D eigenvalue weighted by Crippen LogP contribution is -2.40. The highest BCUT2D eigenvalue weighted by Gasteiger charge is 2.50. The summed E-state index contributed by atoms with van der Waals surface area (Å²) in [6, 6.07) is 7.40. The standard InChI is InChI=1S/C20H29N/c1-2-21-14-20(13-16-7-9-19(20)11-16)12-15-6-8-17-4-3-5-18(17)10-15/h6,8,10,16,19,21H,2-5,7,9,11-14H2,1H3. The molecule has 0 aliphatic heterocycles. The van der Waals surface area contributed by atoms with E-state index in [4.69, 9.17) is 0 Å². The predicted octanol–water partition coefficient (Wildman–Crippen LogP) is 4.13. The Morgan fingerprint density at radius 1 is 1.19 bits per heavy atom. The van der Waals surface area contributed by atoms with Crippen molar-refractivity contribution in [2.75, 3.05) is 13.1 Å². The van der Waals surface area contributed by atoms with E-state index in [-0.39, 0.29) is 0 Å². The second kappa shape index (κ2) is 5.43. The Labute approximate surface area is 129 Å². The Balaban J connectivity index is 1.57. The highest BCUT2D eigenvalue weighted by molar-refractivity contribution is 5.36. The van der Waals surface area contributed by atoms with Gasteiger partial charge in [-0.25, -0.2) is 0 Å². The van der Waals surface area contributed by atoms with E-state index in [1.54, 1.807) is 16.7 Å². The molecule has 3 atom stereocenters. The first-order valence-electron chi connectivity index (χ1n) is 9.10. The molecule has 1 aromatic carbocycles. The number of nitrogens with one attached hydrogen (secondary N) is 1. The molecule has 2 saturated carbocycles. The zero-order chi connectivity index (χ0) is 14.3. The van der Waals surface area contributed by atoms with Gasteiger partial charge in [-0.2, -0.15) is 0 Å². The van der Waals surface area contributed by atoms with Crippen molar-refractivity contribution in [1.29, 1.82) is 0 Å². The van der Waals surface area contributed by atoms with Crippen LogP contribution >= 0.6 is 0 Å². The molecule has 21 heavy (non-hydrogen) atoms. The summed E-state index contributed by atoms with van der Waals surface area (Å²) < 4.78 is 0. The van der Waals surface area contributed by atoms with Crippen molar-refractivity contribution in [3.8, 4) is 0 Å². The van der Waals surface area contributed by atoms with Crippen molar-refractivity contribution < 1.29 is 0 Å². The molecule has 2 fully saturated rings. The van der Waals surface area contributed by atoms with Crippen molar-refractivity contribution in [3.05, 3.63) is 34.9 Å². The first-order chi connectivity index (χ1) is 10.3. The number of hydrogen-bond donors (Lipinski definition) is 1. The van der Waals surface area contributed by atoms with E-state index in [1.165, 1.54) is 57.9 Å². The SMILES string of the molecule is CCNCC1(Cc2ccc3c(c2)CCC3)CC2CCC1C2. The molecule has 0 radical (unpaired) electrons. The molecule has 1 nitrogen and oxygen atoms in total. The van der Waals surface area contributed by atoms with E-state index in [0.29, 0.717) is 5.41 Å². The molecule has 3 aliphatic carbocycles. The molecule has 0 amide bonds. The maximum Gasteiger partial charge on any atom is 0.00136 e. The largest absolute Gasteiger partial charge is 0.316 e. The van der Waals surface area contributed by atoms with Gasteiger partial charge in [0.25, 0.3) is 0 Å². The number of fused-ring (bicyclic) bond motifs is 3. The van der Waals surface area contributed by atoms with Crippen molar-refractivity contribution in [1.82, 2.24) is 5.32 Å². The van der Waals surface area contributed by atoms with Crippen LogP contribution in [-0.4, -0.2) is 13.1 Å². The number of rotatable bonds is 5. The van der Waals surface area contributed by atoms with Gasteiger partial charge in [-0.3, -0.25) is 0 Å². The van der Waals surface area contributed by atoms with E-state index in [2.05, 4.69) is 30.4 Å². The Morgan fingerprint density at radius 3 is 2.86 bits per heavy atom. The molecule has 114 valence electrons. The summed E-state index contributed by atoms with van der Waals surface area (Å²) in [5.41, 5.74) is 5.44. The predicted molar refractivity (Wildman–Crippen MR) is 88.6 cm³/mol. The van der Waals surface area contributed by atoms with Crippen LogP contribution in [0.1, 0.15) is 55.7 Å². The lowest BCUT2D eigenvalue weighted by molar-refractivity contribution is 0.157. The number of benzene rings is 1. The van der Waals surface area contributed by atoms with Gasteiger partial charge in [-0.15, -0.1) is 0 Å². The van der Waals surface area contributed by atoms with Gasteiger partial charge in [0, 0.05) is 6.54 Å². The molecule has 4 rings (SSSR count). The van der Waals surface area contributed by atoms with Crippen LogP contribution in [0.5, 0.6) is 0 Å². The zero-order valence-corrected chi connectivity index (χ0v) is 13.5. The lowest BCUT2D eigenvalue weighted by atomic mass is 9.69. The minimum atomic E-state index is 0.561. The molecule has 3 unspecified atom stereocenters. The molecule has 0 aromatic heterocycles. The van der Waals surface area contributed by atoms with E-state index in [1.807, 2.05) is 0 Å². The van der Waals surface area contributed by atoms with Gasteiger partial charge in [0.1, 0.15) is 0 Å². The van der Waals surface area contributed by atoms with E-state index in [0.717, 1.165) is 18.4 Å². The monoisotopic (exact) mass is 283 g/mol. The second-order valence-electron chi connectivity index (χ2n) is 7.86. The van der Waals surface area contributed by atoms with Crippen LogP contribution in [0, 0.1) is 17.3 Å². The minimum Gasteiger partial charge on any atom is -0.316 e. The van der Waals surface area contributed by atoms with Gasteiger partial charge in [-0.1, -0.05) is 31.5 Å². The lowest BCUT2D eigenvalue weighted by Gasteiger charge is -2.38. The average molecular weight is 283 g/mol. The van der Waals surface area contributed by atoms with E-state index in [9.17, 15) is 0 Å². The second-order valence-corrected chi connectivity index (χ2v) is 7.86. The molecule has 1 N–H and O–H groups in total. The minimum absolute atomic E-state index is 0.561. The fourth-order valence-corrected chi connectivity index (χ4v) is 5.57. The van der Waals surface area contributed by atoms with Gasteiger partial charge < -0.3 is 5.32 Å². The summed E-state index contributed by atoms with van der Waals surface area (Å²) in [7, 11) is 0. The fraction of sp³-hybridized carbons (Fsp3) is 0.700. The number of aryl methyl sites for hydroxylation is 2. The summed E-state index contributed by atoms with van der Waals surface area (Å²) in [5.74, 6) is 2.01. The van der Waals surface area contributed by atoms with Crippen molar-refractivity contribution >= 4 is 0 Å². The smallest absolute Gasteiger partial charge is 0.00136 e. The van der Waals surface area contributed by atoms with E-state index < -0.39 is 0 Å². The third-order valence-corrected chi connectivity index (χ3v) is 6.55. The van der Waals surface area contributed by atoms with Crippen LogP contribution < -0.4 is 5.32 Å². The third-order valence-electron chi connectivity index (χ3n) is 6.55. The fourth-order valence-electron chi connectivity index (χ4n) is 5.57. The van der Waals surface area contributed by atoms with Crippen LogP contribution in [0.3, 0.4) is 0 Å². The molecule has 1 heteroatoms. The quantitative estimate of drug-likeness (QED) is 0.856. The summed E-state index contributed by atoms with van der Waals surface area (Å²) in [6.07, 6.45) is 11.3. The van der Waals surface area contributed by atoms with Crippen molar-refractivity contribution in [2.45, 2.75) is 58.3 Å². The summed E-state index contributed by atoms with van der Waals surface area (Å²) in [4.78, 5) is 0. The summed E-state index contributed by atoms with van der Waals surface area (Å²) in [5, 5.41) is 3.69. The highest BCUT2D eigenvalue weighted by atomic mass is 14.9. The first kappa shape index (κ1) is 13.8. The Morgan fingerprint density at radius 2 is 2.10 bits per heavy atom. The third kappa shape index (κ3) is 2.44. The summed E-state index contributed by atoms with van der Waals surface area (Å²) in [6.45, 7) is 4.60. The highest BCUT2D eigenvalue weighted by Crippen LogP contribution is 2.57. The molecular weight excluding hydrogens is 254 g/mol. The molecule has 1 aromatic rings. The Kier molecular flexibility index (Phi) is 3.57. The molecule has 0 heterocycles. The normalized spacial score (nSPS) is 33.6. The molecular formula is C20H29N. The van der Waals surface area contributed by atoms with Gasteiger partial charge >= 0.3 is 0 Å². The molecule has 2 bridgehead atoms. The topological polar surface area (TPSA) is 12.0 Å². The van der Waals surface area contributed by atoms with Gasteiger partial charge in [0.2, 0.25) is 0 Å². The van der Waals surface area contributed by atoms with Gasteiger partial charge in [-0.05, 0) is 85.4 Å². The molecule has 0 spiro atoms. The zero-order valence-electron chi connectivity index (χ0n) is 13.5. The van der Waals surface area contributed by atoms with Crippen LogP contribution in [0.15, 0.2) is 18.2 Å². The Bertz CT molecular complexity index is 521. The van der Waals surface area contributed by atoms with Gasteiger partial charge in [0.15, 0.2) is 0 Å². The van der Waals surface area contributed by atoms with Crippen molar-refractivity contribution in [2.24, 2.45) is 17.3 Å². The maximum atomic E-state index is 3.69. The van der Waals surface area contributed by atoms with Crippen molar-refractivity contribution in [3.63, 3.8) is 0 Å². The maximum absolute atomic E-state index is 3.69. The average Bonchev–Trinajstić information content (AvgIpc) is 3.19. The Hall–Kier alpha value is -0.820. The number of hydrogen-bond acceptors (Lipinski definition) is 1. The molecule has 3 aliphatic rings. The molecule has 0 saturated heterocycles.